The smallest absolute Gasteiger partial charge is 0.270 e. The lowest BCUT2D eigenvalue weighted by Gasteiger charge is -2.11. The topological polar surface area (TPSA) is 93.4 Å². The maximum absolute atomic E-state index is 12.3. The summed E-state index contributed by atoms with van der Waals surface area (Å²) >= 11 is 5.64. The minimum Gasteiger partial charge on any atom is -0.398 e. The van der Waals surface area contributed by atoms with Crippen molar-refractivity contribution in [1.29, 1.82) is 0 Å². The maximum atomic E-state index is 12.3. The van der Waals surface area contributed by atoms with Crippen LogP contribution >= 0.6 is 11.6 Å². The summed E-state index contributed by atoms with van der Waals surface area (Å²) in [5.41, 5.74) is 6.13. The molecule has 3 amide bonds. The first-order valence-electron chi connectivity index (χ1n) is 5.94. The van der Waals surface area contributed by atoms with Crippen molar-refractivity contribution in [2.75, 3.05) is 5.73 Å². The van der Waals surface area contributed by atoms with Gasteiger partial charge in [-0.05, 0) is 24.3 Å². The van der Waals surface area contributed by atoms with Gasteiger partial charge in [0.15, 0.2) is 0 Å². The molecule has 3 rings (SSSR count). The summed E-state index contributed by atoms with van der Waals surface area (Å²) in [6.45, 7) is 0. The zero-order valence-corrected chi connectivity index (χ0v) is 11.3. The molecular formula is C14H8ClN3O3. The molecule has 2 aromatic rings. The van der Waals surface area contributed by atoms with E-state index in [1.807, 2.05) is 0 Å². The molecule has 21 heavy (non-hydrogen) atoms. The Morgan fingerprint density at radius 3 is 2.52 bits per heavy atom. The Kier molecular flexibility index (Phi) is 2.95. The Morgan fingerprint density at radius 2 is 1.90 bits per heavy atom. The Balaban J connectivity index is 2.04. The predicted molar refractivity (Wildman–Crippen MR) is 74.9 cm³/mol. The number of carbonyl (C=O) groups is 3. The molecule has 0 bridgehead atoms. The van der Waals surface area contributed by atoms with Crippen LogP contribution in [0.2, 0.25) is 5.15 Å². The van der Waals surface area contributed by atoms with Crippen molar-refractivity contribution < 1.29 is 14.4 Å². The third-order valence-electron chi connectivity index (χ3n) is 3.12. The molecule has 1 aliphatic rings. The molecule has 2 heterocycles. The van der Waals surface area contributed by atoms with Crippen LogP contribution in [-0.4, -0.2) is 27.6 Å². The SMILES string of the molecule is Nc1cccc2c1C(=O)N(C(=O)c1ccc(Cl)nc1)C2=O. The molecule has 0 saturated heterocycles. The number of imide groups is 3. The van der Waals surface area contributed by atoms with Gasteiger partial charge in [0.1, 0.15) is 5.15 Å². The van der Waals surface area contributed by atoms with Crippen molar-refractivity contribution in [1.82, 2.24) is 9.88 Å². The molecule has 1 aromatic carbocycles. The number of rotatable bonds is 1. The summed E-state index contributed by atoms with van der Waals surface area (Å²) in [7, 11) is 0. The second-order valence-corrected chi connectivity index (χ2v) is 4.78. The first-order valence-corrected chi connectivity index (χ1v) is 6.31. The highest BCUT2D eigenvalue weighted by atomic mass is 35.5. The first kappa shape index (κ1) is 13.3. The van der Waals surface area contributed by atoms with Gasteiger partial charge < -0.3 is 5.73 Å². The molecule has 0 saturated carbocycles. The first-order chi connectivity index (χ1) is 10.0. The van der Waals surface area contributed by atoms with Gasteiger partial charge in [0.2, 0.25) is 0 Å². The van der Waals surface area contributed by atoms with Gasteiger partial charge in [-0.25, -0.2) is 9.88 Å². The third kappa shape index (κ3) is 1.96. The van der Waals surface area contributed by atoms with Crippen LogP contribution in [0.3, 0.4) is 0 Å². The highest BCUT2D eigenvalue weighted by molar-refractivity contribution is 6.32. The van der Waals surface area contributed by atoms with Gasteiger partial charge in [-0.15, -0.1) is 0 Å². The van der Waals surface area contributed by atoms with Crippen molar-refractivity contribution in [3.8, 4) is 0 Å². The van der Waals surface area contributed by atoms with E-state index in [0.717, 1.165) is 0 Å². The number of hydrogen-bond acceptors (Lipinski definition) is 5. The Hall–Kier alpha value is -2.73. The fourth-order valence-corrected chi connectivity index (χ4v) is 2.24. The quantitative estimate of drug-likeness (QED) is 0.492. The van der Waals surface area contributed by atoms with Crippen molar-refractivity contribution in [3.05, 3.63) is 58.4 Å². The number of benzene rings is 1. The molecule has 6 nitrogen and oxygen atoms in total. The second kappa shape index (κ2) is 4.68. The predicted octanol–water partition coefficient (Wildman–Crippen LogP) is 1.75. The molecule has 0 radical (unpaired) electrons. The van der Waals surface area contributed by atoms with Crippen LogP contribution in [0.5, 0.6) is 0 Å². The molecule has 0 aliphatic carbocycles. The summed E-state index contributed by atoms with van der Waals surface area (Å²) in [5.74, 6) is -2.18. The molecule has 0 unspecified atom stereocenters. The van der Waals surface area contributed by atoms with Gasteiger partial charge in [0.25, 0.3) is 17.7 Å². The number of nitrogen functional groups attached to an aromatic ring is 1. The number of anilines is 1. The van der Waals surface area contributed by atoms with E-state index in [4.69, 9.17) is 17.3 Å². The van der Waals surface area contributed by atoms with Crippen molar-refractivity contribution in [2.24, 2.45) is 0 Å². The van der Waals surface area contributed by atoms with E-state index in [1.165, 1.54) is 30.5 Å². The zero-order valence-electron chi connectivity index (χ0n) is 10.5. The lowest BCUT2D eigenvalue weighted by Crippen LogP contribution is -2.36. The number of pyridine rings is 1. The standard InChI is InChI=1S/C14H8ClN3O3/c15-10-5-4-7(6-17-10)12(19)18-13(20)8-2-1-3-9(16)11(8)14(18)21/h1-6H,16H2. The zero-order chi connectivity index (χ0) is 15.1. The van der Waals surface area contributed by atoms with Crippen LogP contribution < -0.4 is 5.73 Å². The molecule has 0 fully saturated rings. The number of amides is 3. The van der Waals surface area contributed by atoms with Crippen molar-refractivity contribution >= 4 is 35.0 Å². The highest BCUT2D eigenvalue weighted by Gasteiger charge is 2.41. The Morgan fingerprint density at radius 1 is 1.14 bits per heavy atom. The number of nitrogens with two attached hydrogens (primary N) is 1. The number of nitrogens with zero attached hydrogens (tertiary/aromatic N) is 2. The largest absolute Gasteiger partial charge is 0.398 e. The highest BCUT2D eigenvalue weighted by Crippen LogP contribution is 2.28. The van der Waals surface area contributed by atoms with Gasteiger partial charge in [-0.1, -0.05) is 17.7 Å². The maximum Gasteiger partial charge on any atom is 0.270 e. The molecule has 0 atom stereocenters. The number of hydrogen-bond donors (Lipinski definition) is 1. The van der Waals surface area contributed by atoms with E-state index in [1.54, 1.807) is 6.07 Å². The van der Waals surface area contributed by atoms with Crippen LogP contribution in [0.1, 0.15) is 31.1 Å². The minimum atomic E-state index is -0.759. The van der Waals surface area contributed by atoms with Gasteiger partial charge in [0.05, 0.1) is 16.7 Å². The van der Waals surface area contributed by atoms with Gasteiger partial charge in [-0.2, -0.15) is 0 Å². The molecule has 2 N–H and O–H groups in total. The van der Waals surface area contributed by atoms with Crippen molar-refractivity contribution in [2.45, 2.75) is 0 Å². The average molecular weight is 302 g/mol. The van der Waals surface area contributed by atoms with E-state index >= 15 is 0 Å². The van der Waals surface area contributed by atoms with E-state index in [9.17, 15) is 14.4 Å². The van der Waals surface area contributed by atoms with Crippen molar-refractivity contribution in [3.63, 3.8) is 0 Å². The number of carbonyl (C=O) groups excluding carboxylic acids is 3. The summed E-state index contributed by atoms with van der Waals surface area (Å²) in [5, 5.41) is 0.207. The Bertz CT molecular complexity index is 787. The molecular weight excluding hydrogens is 294 g/mol. The summed E-state index contributed by atoms with van der Waals surface area (Å²) in [4.78, 5) is 41.1. The van der Waals surface area contributed by atoms with E-state index < -0.39 is 17.7 Å². The number of halogens is 1. The normalized spacial score (nSPS) is 13.5. The van der Waals surface area contributed by atoms with E-state index in [0.29, 0.717) is 4.90 Å². The molecule has 1 aromatic heterocycles. The van der Waals surface area contributed by atoms with E-state index in [-0.39, 0.29) is 27.5 Å². The van der Waals surface area contributed by atoms with Crippen LogP contribution in [0.4, 0.5) is 5.69 Å². The fourth-order valence-electron chi connectivity index (χ4n) is 2.13. The lowest BCUT2D eigenvalue weighted by molar-refractivity contribution is 0.0566. The Labute approximate surface area is 124 Å². The average Bonchev–Trinajstić information content (AvgIpc) is 2.72. The van der Waals surface area contributed by atoms with Gasteiger partial charge >= 0.3 is 0 Å². The number of fused-ring (bicyclic) bond motifs is 1. The van der Waals surface area contributed by atoms with Crippen LogP contribution in [-0.2, 0) is 0 Å². The van der Waals surface area contributed by atoms with Gasteiger partial charge in [0, 0.05) is 11.9 Å². The summed E-state index contributed by atoms with van der Waals surface area (Å²) in [6.07, 6.45) is 1.21. The monoisotopic (exact) mass is 301 g/mol. The molecule has 0 spiro atoms. The van der Waals surface area contributed by atoms with Gasteiger partial charge in [-0.3, -0.25) is 14.4 Å². The summed E-state index contributed by atoms with van der Waals surface area (Å²) in [6, 6.07) is 7.31. The molecule has 7 heteroatoms. The lowest BCUT2D eigenvalue weighted by atomic mass is 10.1. The second-order valence-electron chi connectivity index (χ2n) is 4.39. The van der Waals surface area contributed by atoms with Crippen LogP contribution in [0.15, 0.2) is 36.5 Å². The fraction of sp³-hybridized carbons (Fsp3) is 0. The van der Waals surface area contributed by atoms with Crippen LogP contribution in [0.25, 0.3) is 0 Å². The minimum absolute atomic E-state index is 0.0535. The van der Waals surface area contributed by atoms with E-state index in [2.05, 4.69) is 4.98 Å². The molecule has 104 valence electrons. The number of aromatic nitrogens is 1. The molecule has 1 aliphatic heterocycles. The summed E-state index contributed by atoms with van der Waals surface area (Å²) < 4.78 is 0. The van der Waals surface area contributed by atoms with Crippen LogP contribution in [0, 0.1) is 0 Å². The third-order valence-corrected chi connectivity index (χ3v) is 3.35.